The molecule has 0 saturated heterocycles. The SMILES string of the molecule is Cc1ccc2sc(=NC(=O)c3ccc4c(c3)OCCO4)n(C)c2c1C. The van der Waals surface area contributed by atoms with Gasteiger partial charge in [-0.2, -0.15) is 4.99 Å². The lowest BCUT2D eigenvalue weighted by molar-refractivity contribution is 0.0996. The molecule has 0 aliphatic carbocycles. The molecule has 0 fully saturated rings. The number of thiazole rings is 1. The van der Waals surface area contributed by atoms with Crippen molar-refractivity contribution in [3.8, 4) is 11.5 Å². The van der Waals surface area contributed by atoms with Gasteiger partial charge in [0.05, 0.1) is 10.2 Å². The molecule has 3 aromatic rings. The number of fused-ring (bicyclic) bond motifs is 2. The van der Waals surface area contributed by atoms with Crippen molar-refractivity contribution in [3.63, 3.8) is 0 Å². The zero-order chi connectivity index (χ0) is 17.6. The summed E-state index contributed by atoms with van der Waals surface area (Å²) in [5.41, 5.74) is 4.06. The number of hydrogen-bond donors (Lipinski definition) is 0. The lowest BCUT2D eigenvalue weighted by Crippen LogP contribution is -2.16. The van der Waals surface area contributed by atoms with E-state index in [9.17, 15) is 4.79 Å². The summed E-state index contributed by atoms with van der Waals surface area (Å²) < 4.78 is 14.1. The predicted molar refractivity (Wildman–Crippen MR) is 97.6 cm³/mol. The van der Waals surface area contributed by atoms with Crippen LogP contribution in [0.2, 0.25) is 0 Å². The summed E-state index contributed by atoms with van der Waals surface area (Å²) in [4.78, 5) is 17.6. The van der Waals surface area contributed by atoms with Crippen molar-refractivity contribution >= 4 is 27.5 Å². The lowest BCUT2D eigenvalue weighted by Gasteiger charge is -2.18. The van der Waals surface area contributed by atoms with Crippen LogP contribution >= 0.6 is 11.3 Å². The van der Waals surface area contributed by atoms with Gasteiger partial charge in [0.1, 0.15) is 13.2 Å². The molecule has 0 spiro atoms. The van der Waals surface area contributed by atoms with Gasteiger partial charge in [0.2, 0.25) is 0 Å². The van der Waals surface area contributed by atoms with Crippen LogP contribution in [0.25, 0.3) is 10.2 Å². The number of nitrogens with zero attached hydrogens (tertiary/aromatic N) is 2. The maximum atomic E-state index is 12.6. The number of hydrogen-bond acceptors (Lipinski definition) is 4. The van der Waals surface area contributed by atoms with E-state index in [0.717, 1.165) is 10.2 Å². The molecule has 0 N–H and O–H groups in total. The van der Waals surface area contributed by atoms with Crippen LogP contribution in [0, 0.1) is 13.8 Å². The average molecular weight is 354 g/mol. The smallest absolute Gasteiger partial charge is 0.279 e. The van der Waals surface area contributed by atoms with Crippen molar-refractivity contribution in [1.82, 2.24) is 4.57 Å². The molecule has 1 aromatic heterocycles. The average Bonchev–Trinajstić information content (AvgIpc) is 2.94. The number of aryl methyl sites for hydroxylation is 3. The van der Waals surface area contributed by atoms with Crippen LogP contribution in [0.5, 0.6) is 11.5 Å². The van der Waals surface area contributed by atoms with Gasteiger partial charge in [-0.05, 0) is 49.2 Å². The van der Waals surface area contributed by atoms with E-state index in [1.165, 1.54) is 22.5 Å². The Morgan fingerprint density at radius 1 is 1.12 bits per heavy atom. The van der Waals surface area contributed by atoms with Crippen LogP contribution < -0.4 is 14.3 Å². The molecule has 25 heavy (non-hydrogen) atoms. The highest BCUT2D eigenvalue weighted by atomic mass is 32.1. The lowest BCUT2D eigenvalue weighted by atomic mass is 10.1. The molecule has 0 bridgehead atoms. The van der Waals surface area contributed by atoms with E-state index in [1.807, 2.05) is 11.6 Å². The van der Waals surface area contributed by atoms with Crippen molar-refractivity contribution in [3.05, 3.63) is 51.8 Å². The topological polar surface area (TPSA) is 52.8 Å². The third-order valence-electron chi connectivity index (χ3n) is 4.47. The summed E-state index contributed by atoms with van der Waals surface area (Å²) in [6, 6.07) is 9.36. The van der Waals surface area contributed by atoms with Crippen molar-refractivity contribution in [2.45, 2.75) is 13.8 Å². The van der Waals surface area contributed by atoms with Crippen LogP contribution in [0.15, 0.2) is 35.3 Å². The Morgan fingerprint density at radius 2 is 1.88 bits per heavy atom. The maximum absolute atomic E-state index is 12.6. The normalized spacial score (nSPS) is 14.1. The number of amides is 1. The zero-order valence-corrected chi connectivity index (χ0v) is 15.1. The third kappa shape index (κ3) is 2.72. The van der Waals surface area contributed by atoms with Gasteiger partial charge in [0.15, 0.2) is 16.3 Å². The van der Waals surface area contributed by atoms with Gasteiger partial charge in [-0.25, -0.2) is 0 Å². The first kappa shape index (κ1) is 15.9. The summed E-state index contributed by atoms with van der Waals surface area (Å²) in [5.74, 6) is 0.981. The molecule has 0 radical (unpaired) electrons. The zero-order valence-electron chi connectivity index (χ0n) is 14.3. The first-order valence-corrected chi connectivity index (χ1v) is 8.90. The van der Waals surface area contributed by atoms with E-state index >= 15 is 0 Å². The molecular formula is C19H18N2O3S. The van der Waals surface area contributed by atoms with Crippen LogP contribution in [-0.4, -0.2) is 23.7 Å². The minimum absolute atomic E-state index is 0.284. The van der Waals surface area contributed by atoms with E-state index in [4.69, 9.17) is 9.47 Å². The Kier molecular flexibility index (Phi) is 3.84. The Bertz CT molecular complexity index is 1060. The fourth-order valence-electron chi connectivity index (χ4n) is 2.96. The summed E-state index contributed by atoms with van der Waals surface area (Å²) in [7, 11) is 1.95. The molecule has 2 aromatic carbocycles. The third-order valence-corrected chi connectivity index (χ3v) is 5.57. The van der Waals surface area contributed by atoms with Gasteiger partial charge in [0, 0.05) is 12.6 Å². The molecular weight excluding hydrogens is 336 g/mol. The van der Waals surface area contributed by atoms with Crippen LogP contribution in [-0.2, 0) is 7.05 Å². The van der Waals surface area contributed by atoms with Crippen molar-refractivity contribution in [2.75, 3.05) is 13.2 Å². The number of ether oxygens (including phenoxy) is 2. The molecule has 128 valence electrons. The minimum Gasteiger partial charge on any atom is -0.486 e. The summed E-state index contributed by atoms with van der Waals surface area (Å²) in [5, 5.41) is 0. The van der Waals surface area contributed by atoms with Gasteiger partial charge in [-0.15, -0.1) is 0 Å². The van der Waals surface area contributed by atoms with Crippen molar-refractivity contribution in [2.24, 2.45) is 12.0 Å². The first-order valence-electron chi connectivity index (χ1n) is 8.09. The fourth-order valence-corrected chi connectivity index (χ4v) is 4.04. The number of carbonyl (C=O) groups is 1. The predicted octanol–water partition coefficient (Wildman–Crippen LogP) is 3.37. The van der Waals surface area contributed by atoms with E-state index in [1.54, 1.807) is 18.2 Å². The monoisotopic (exact) mass is 354 g/mol. The summed E-state index contributed by atoms with van der Waals surface area (Å²) in [6.45, 7) is 5.20. The number of carbonyl (C=O) groups excluding carboxylic acids is 1. The Morgan fingerprint density at radius 3 is 2.68 bits per heavy atom. The minimum atomic E-state index is -0.284. The summed E-state index contributed by atoms with van der Waals surface area (Å²) in [6.07, 6.45) is 0. The van der Waals surface area contributed by atoms with Crippen molar-refractivity contribution in [1.29, 1.82) is 0 Å². The van der Waals surface area contributed by atoms with Gasteiger partial charge >= 0.3 is 0 Å². The standard InChI is InChI=1S/C19H18N2O3S/c1-11-4-7-16-17(12(11)2)21(3)19(25-16)20-18(22)13-5-6-14-15(10-13)24-9-8-23-14/h4-7,10H,8-9H2,1-3H3. The van der Waals surface area contributed by atoms with Gasteiger partial charge < -0.3 is 14.0 Å². The van der Waals surface area contributed by atoms with E-state index < -0.39 is 0 Å². The van der Waals surface area contributed by atoms with Crippen molar-refractivity contribution < 1.29 is 14.3 Å². The Labute approximate surface area is 149 Å². The second kappa shape index (κ2) is 6.04. The van der Waals surface area contributed by atoms with E-state index in [-0.39, 0.29) is 5.91 Å². The molecule has 6 heteroatoms. The molecule has 5 nitrogen and oxygen atoms in total. The molecule has 0 atom stereocenters. The summed E-state index contributed by atoms with van der Waals surface area (Å²) >= 11 is 1.52. The number of aromatic nitrogens is 1. The Hall–Kier alpha value is -2.60. The molecule has 0 saturated carbocycles. The second-order valence-corrected chi connectivity index (χ2v) is 7.08. The highest BCUT2D eigenvalue weighted by molar-refractivity contribution is 7.16. The first-order chi connectivity index (χ1) is 12.0. The molecule has 2 heterocycles. The van der Waals surface area contributed by atoms with Crippen LogP contribution in [0.1, 0.15) is 21.5 Å². The number of rotatable bonds is 1. The molecule has 0 unspecified atom stereocenters. The fraction of sp³-hybridized carbons (Fsp3) is 0.263. The highest BCUT2D eigenvalue weighted by Gasteiger charge is 2.15. The highest BCUT2D eigenvalue weighted by Crippen LogP contribution is 2.31. The van der Waals surface area contributed by atoms with Crippen LogP contribution in [0.4, 0.5) is 0 Å². The largest absolute Gasteiger partial charge is 0.486 e. The molecule has 1 aliphatic heterocycles. The second-order valence-electron chi connectivity index (χ2n) is 6.07. The van der Waals surface area contributed by atoms with Gasteiger partial charge in [0.25, 0.3) is 5.91 Å². The quantitative estimate of drug-likeness (QED) is 0.673. The maximum Gasteiger partial charge on any atom is 0.279 e. The number of benzene rings is 2. The molecule has 1 aliphatic rings. The van der Waals surface area contributed by atoms with E-state index in [2.05, 4.69) is 31.0 Å². The van der Waals surface area contributed by atoms with E-state index in [0.29, 0.717) is 35.1 Å². The Balaban J connectivity index is 1.78. The van der Waals surface area contributed by atoms with Crippen LogP contribution in [0.3, 0.4) is 0 Å². The molecule has 4 rings (SSSR count). The molecule has 1 amide bonds. The van der Waals surface area contributed by atoms with Gasteiger partial charge in [-0.3, -0.25) is 4.79 Å². The van der Waals surface area contributed by atoms with Gasteiger partial charge in [-0.1, -0.05) is 17.4 Å².